The number of halogens is 1. The number of benzene rings is 2. The molecule has 0 atom stereocenters. The van der Waals surface area contributed by atoms with Crippen molar-refractivity contribution < 1.29 is 14.6 Å². The monoisotopic (exact) mass is 275 g/mol. The second kappa shape index (κ2) is 4.57. The van der Waals surface area contributed by atoms with Crippen molar-refractivity contribution in [1.29, 1.82) is 0 Å². The number of aromatic hydroxyl groups is 1. The van der Waals surface area contributed by atoms with E-state index >= 15 is 0 Å². The second-order valence-corrected chi connectivity index (χ2v) is 4.55. The van der Waals surface area contributed by atoms with E-state index in [4.69, 9.17) is 21.1 Å². The summed E-state index contributed by atoms with van der Waals surface area (Å²) in [7, 11) is 0. The van der Waals surface area contributed by atoms with E-state index < -0.39 is 0 Å². The van der Waals surface area contributed by atoms with Gasteiger partial charge in [-0.1, -0.05) is 17.7 Å². The van der Waals surface area contributed by atoms with Crippen LogP contribution in [0.1, 0.15) is 5.56 Å². The lowest BCUT2D eigenvalue weighted by Gasteiger charge is -1.98. The smallest absolute Gasteiger partial charge is 0.227 e. The maximum Gasteiger partial charge on any atom is 0.227 e. The molecule has 19 heavy (non-hydrogen) atoms. The predicted octanol–water partition coefficient (Wildman–Crippen LogP) is 3.35. The first kappa shape index (κ1) is 12.0. The van der Waals surface area contributed by atoms with Crippen LogP contribution in [0.4, 0.5) is 0 Å². The molecule has 0 saturated carbocycles. The Morgan fingerprint density at radius 1 is 1.16 bits per heavy atom. The lowest BCUT2D eigenvalue weighted by molar-refractivity contribution is 0.282. The lowest BCUT2D eigenvalue weighted by Crippen LogP contribution is -1.81. The van der Waals surface area contributed by atoms with E-state index in [0.717, 1.165) is 5.56 Å². The normalized spacial score (nSPS) is 11.1. The number of phenols is 1. The Bertz CT molecular complexity index is 752. The summed E-state index contributed by atoms with van der Waals surface area (Å²) in [5.74, 6) is 0.441. The fourth-order valence-corrected chi connectivity index (χ4v) is 2.02. The molecule has 0 aliphatic heterocycles. The molecule has 3 rings (SSSR count). The van der Waals surface area contributed by atoms with E-state index in [1.807, 2.05) is 0 Å². The van der Waals surface area contributed by atoms with E-state index in [2.05, 4.69) is 4.98 Å². The Balaban J connectivity index is 2.11. The molecule has 2 N–H and O–H groups in total. The van der Waals surface area contributed by atoms with E-state index in [9.17, 15) is 5.11 Å². The molecule has 3 aromatic rings. The molecule has 0 spiro atoms. The molecular formula is C14H10ClNO3. The maximum absolute atomic E-state index is 9.39. The van der Waals surface area contributed by atoms with Crippen LogP contribution < -0.4 is 0 Å². The van der Waals surface area contributed by atoms with Crippen molar-refractivity contribution in [2.75, 3.05) is 0 Å². The number of aliphatic hydroxyl groups excluding tert-OH is 1. The van der Waals surface area contributed by atoms with Crippen molar-refractivity contribution in [1.82, 2.24) is 4.98 Å². The number of fused-ring (bicyclic) bond motifs is 1. The Hall–Kier alpha value is -2.04. The van der Waals surface area contributed by atoms with Gasteiger partial charge in [-0.2, -0.15) is 0 Å². The largest absolute Gasteiger partial charge is 0.506 e. The minimum atomic E-state index is -0.0385. The summed E-state index contributed by atoms with van der Waals surface area (Å²) in [4.78, 5) is 4.34. The summed E-state index contributed by atoms with van der Waals surface area (Å²) in [6.07, 6.45) is 0. The van der Waals surface area contributed by atoms with Gasteiger partial charge in [-0.15, -0.1) is 0 Å². The maximum atomic E-state index is 9.39. The first-order valence-electron chi connectivity index (χ1n) is 5.66. The summed E-state index contributed by atoms with van der Waals surface area (Å²) >= 11 is 5.86. The first-order valence-corrected chi connectivity index (χ1v) is 6.04. The molecule has 0 aliphatic carbocycles. The molecule has 5 heteroatoms. The van der Waals surface area contributed by atoms with Crippen molar-refractivity contribution >= 4 is 22.7 Å². The minimum Gasteiger partial charge on any atom is -0.506 e. The van der Waals surface area contributed by atoms with E-state index in [0.29, 0.717) is 22.6 Å². The van der Waals surface area contributed by atoms with Gasteiger partial charge in [0, 0.05) is 5.56 Å². The molecule has 0 unspecified atom stereocenters. The van der Waals surface area contributed by atoms with Gasteiger partial charge in [0.15, 0.2) is 5.58 Å². The minimum absolute atomic E-state index is 0.0177. The van der Waals surface area contributed by atoms with Gasteiger partial charge in [-0.25, -0.2) is 4.98 Å². The SMILES string of the molecule is OCc1ccc2oc(-c3ccc(O)c(Cl)c3)nc2c1. The third kappa shape index (κ3) is 2.16. The summed E-state index contributed by atoms with van der Waals surface area (Å²) in [5, 5.41) is 18.7. The van der Waals surface area contributed by atoms with Crippen molar-refractivity contribution in [3.05, 3.63) is 47.0 Å². The highest BCUT2D eigenvalue weighted by molar-refractivity contribution is 6.32. The summed E-state index contributed by atoms with van der Waals surface area (Å²) < 4.78 is 5.62. The Morgan fingerprint density at radius 2 is 2.00 bits per heavy atom. The Morgan fingerprint density at radius 3 is 2.74 bits per heavy atom. The Kier molecular flexibility index (Phi) is 2.89. The molecule has 0 saturated heterocycles. The van der Waals surface area contributed by atoms with Gasteiger partial charge in [0.05, 0.1) is 11.6 Å². The average Bonchev–Trinajstić information content (AvgIpc) is 2.84. The standard InChI is InChI=1S/C14H10ClNO3/c15-10-6-9(2-3-12(10)18)14-16-11-5-8(7-17)1-4-13(11)19-14/h1-6,17-18H,7H2. The van der Waals surface area contributed by atoms with Gasteiger partial charge >= 0.3 is 0 Å². The van der Waals surface area contributed by atoms with Gasteiger partial charge in [0.2, 0.25) is 5.89 Å². The van der Waals surface area contributed by atoms with E-state index in [1.165, 1.54) is 6.07 Å². The van der Waals surface area contributed by atoms with E-state index in [1.54, 1.807) is 30.3 Å². The average molecular weight is 276 g/mol. The third-order valence-electron chi connectivity index (χ3n) is 2.83. The highest BCUT2D eigenvalue weighted by atomic mass is 35.5. The van der Waals surface area contributed by atoms with Crippen LogP contribution in [-0.2, 0) is 6.61 Å². The summed E-state index contributed by atoms with van der Waals surface area (Å²) in [5.41, 5.74) is 2.77. The molecule has 4 nitrogen and oxygen atoms in total. The molecule has 0 aliphatic rings. The summed E-state index contributed by atoms with van der Waals surface area (Å²) in [6.45, 7) is -0.0385. The Labute approximate surface area is 113 Å². The molecule has 0 fully saturated rings. The fourth-order valence-electron chi connectivity index (χ4n) is 1.83. The van der Waals surface area contributed by atoms with Gasteiger partial charge < -0.3 is 14.6 Å². The van der Waals surface area contributed by atoms with Crippen LogP contribution in [0, 0.1) is 0 Å². The van der Waals surface area contributed by atoms with Crippen molar-refractivity contribution in [2.24, 2.45) is 0 Å². The number of rotatable bonds is 2. The molecule has 96 valence electrons. The van der Waals surface area contributed by atoms with Crippen LogP contribution in [0.25, 0.3) is 22.6 Å². The van der Waals surface area contributed by atoms with Gasteiger partial charge in [-0.05, 0) is 35.9 Å². The number of hydrogen-bond acceptors (Lipinski definition) is 4. The van der Waals surface area contributed by atoms with Gasteiger partial charge in [0.25, 0.3) is 0 Å². The van der Waals surface area contributed by atoms with Crippen molar-refractivity contribution in [3.63, 3.8) is 0 Å². The second-order valence-electron chi connectivity index (χ2n) is 4.15. The number of oxazole rings is 1. The van der Waals surface area contributed by atoms with Crippen molar-refractivity contribution in [3.8, 4) is 17.2 Å². The number of aromatic nitrogens is 1. The topological polar surface area (TPSA) is 66.5 Å². The number of aliphatic hydroxyl groups is 1. The molecule has 2 aromatic carbocycles. The quantitative estimate of drug-likeness (QED) is 0.753. The molecule has 0 radical (unpaired) electrons. The van der Waals surface area contributed by atoms with Crippen molar-refractivity contribution in [2.45, 2.75) is 6.61 Å². The zero-order valence-corrected chi connectivity index (χ0v) is 10.6. The zero-order chi connectivity index (χ0) is 13.4. The molecule has 1 aromatic heterocycles. The highest BCUT2D eigenvalue weighted by Crippen LogP contribution is 2.30. The van der Waals surface area contributed by atoms with Gasteiger partial charge in [-0.3, -0.25) is 0 Å². The number of nitrogens with zero attached hydrogens (tertiary/aromatic N) is 1. The molecule has 1 heterocycles. The number of hydrogen-bond donors (Lipinski definition) is 2. The van der Waals surface area contributed by atoms with Crippen LogP contribution in [0.3, 0.4) is 0 Å². The van der Waals surface area contributed by atoms with Crippen LogP contribution in [0.5, 0.6) is 5.75 Å². The molecule has 0 amide bonds. The summed E-state index contributed by atoms with van der Waals surface area (Å²) in [6, 6.07) is 10.1. The fraction of sp³-hybridized carbons (Fsp3) is 0.0714. The number of phenolic OH excluding ortho intramolecular Hbond substituents is 1. The van der Waals surface area contributed by atoms with Gasteiger partial charge in [0.1, 0.15) is 11.3 Å². The van der Waals surface area contributed by atoms with Crippen LogP contribution in [0.2, 0.25) is 5.02 Å². The zero-order valence-electron chi connectivity index (χ0n) is 9.80. The lowest BCUT2D eigenvalue weighted by atomic mass is 10.2. The van der Waals surface area contributed by atoms with Crippen LogP contribution >= 0.6 is 11.6 Å². The predicted molar refractivity (Wildman–Crippen MR) is 72.0 cm³/mol. The van der Waals surface area contributed by atoms with Crippen LogP contribution in [0.15, 0.2) is 40.8 Å². The third-order valence-corrected chi connectivity index (χ3v) is 3.13. The molecule has 0 bridgehead atoms. The first-order chi connectivity index (χ1) is 9.17. The molecular weight excluding hydrogens is 266 g/mol. The van der Waals surface area contributed by atoms with E-state index in [-0.39, 0.29) is 17.4 Å². The highest BCUT2D eigenvalue weighted by Gasteiger charge is 2.10. The van der Waals surface area contributed by atoms with Crippen LogP contribution in [-0.4, -0.2) is 15.2 Å².